The van der Waals surface area contributed by atoms with Gasteiger partial charge in [0.05, 0.1) is 36.1 Å². The molecule has 1 amide bonds. The number of rotatable bonds is 3. The monoisotopic (exact) mass is 374 g/mol. The van der Waals surface area contributed by atoms with E-state index in [1.54, 1.807) is 12.4 Å². The van der Waals surface area contributed by atoms with E-state index >= 15 is 0 Å². The maximum absolute atomic E-state index is 12.8. The van der Waals surface area contributed by atoms with Gasteiger partial charge in [-0.25, -0.2) is 15.0 Å². The third-order valence-corrected chi connectivity index (χ3v) is 4.92. The van der Waals surface area contributed by atoms with Crippen LogP contribution in [0.2, 0.25) is 0 Å². The molecule has 140 valence electrons. The summed E-state index contributed by atoms with van der Waals surface area (Å²) in [7, 11) is 0. The van der Waals surface area contributed by atoms with Gasteiger partial charge < -0.3 is 13.9 Å². The maximum atomic E-state index is 12.8. The molecule has 8 heteroatoms. The summed E-state index contributed by atoms with van der Waals surface area (Å²) in [5.41, 5.74) is 3.15. The lowest BCUT2D eigenvalue weighted by Crippen LogP contribution is -2.39. The van der Waals surface area contributed by atoms with Crippen molar-refractivity contribution in [3.05, 3.63) is 60.4 Å². The lowest BCUT2D eigenvalue weighted by molar-refractivity contribution is -0.132. The molecule has 0 N–H and O–H groups in total. The van der Waals surface area contributed by atoms with Crippen LogP contribution in [0.3, 0.4) is 0 Å². The molecule has 0 spiro atoms. The van der Waals surface area contributed by atoms with Crippen LogP contribution in [0.4, 0.5) is 0 Å². The highest BCUT2D eigenvalue weighted by atomic mass is 16.3. The number of pyridine rings is 2. The van der Waals surface area contributed by atoms with E-state index in [9.17, 15) is 4.79 Å². The quantitative estimate of drug-likeness (QED) is 0.547. The first-order chi connectivity index (χ1) is 13.7. The normalized spacial score (nSPS) is 13.7. The Morgan fingerprint density at radius 1 is 1.21 bits per heavy atom. The molecule has 0 atom stereocenters. The molecule has 5 rings (SSSR count). The number of nitrogens with zero attached hydrogens (tertiary/aromatic N) is 6. The number of amides is 1. The highest BCUT2D eigenvalue weighted by Gasteiger charge is 2.22. The van der Waals surface area contributed by atoms with Crippen molar-refractivity contribution in [1.29, 1.82) is 0 Å². The van der Waals surface area contributed by atoms with Gasteiger partial charge in [0.1, 0.15) is 11.5 Å². The van der Waals surface area contributed by atoms with Crippen molar-refractivity contribution in [3.8, 4) is 11.5 Å². The molecule has 8 nitrogen and oxygen atoms in total. The fourth-order valence-electron chi connectivity index (χ4n) is 3.51. The number of oxazole rings is 1. The summed E-state index contributed by atoms with van der Waals surface area (Å²) in [6.07, 6.45) is 7.02. The summed E-state index contributed by atoms with van der Waals surface area (Å²) < 4.78 is 7.43. The van der Waals surface area contributed by atoms with Gasteiger partial charge in [0, 0.05) is 30.9 Å². The van der Waals surface area contributed by atoms with Gasteiger partial charge >= 0.3 is 0 Å². The van der Waals surface area contributed by atoms with Gasteiger partial charge in [-0.2, -0.15) is 0 Å². The molecule has 4 aromatic rings. The van der Waals surface area contributed by atoms with Crippen molar-refractivity contribution < 1.29 is 9.21 Å². The molecule has 4 aromatic heterocycles. The third-order valence-electron chi connectivity index (χ3n) is 4.92. The smallest absolute Gasteiger partial charge is 0.229 e. The molecular weight excluding hydrogens is 356 g/mol. The van der Waals surface area contributed by atoms with E-state index in [0.29, 0.717) is 30.2 Å². The highest BCUT2D eigenvalue weighted by Crippen LogP contribution is 2.21. The predicted molar refractivity (Wildman–Crippen MR) is 101 cm³/mol. The van der Waals surface area contributed by atoms with Crippen LogP contribution in [-0.4, -0.2) is 41.9 Å². The summed E-state index contributed by atoms with van der Waals surface area (Å²) in [5.74, 6) is 1.59. The Morgan fingerprint density at radius 2 is 2.14 bits per heavy atom. The van der Waals surface area contributed by atoms with Crippen molar-refractivity contribution in [3.63, 3.8) is 0 Å². The number of aryl methyl sites for hydroxylation is 1. The molecule has 5 heterocycles. The third kappa shape index (κ3) is 3.02. The minimum Gasteiger partial charge on any atom is -0.442 e. The van der Waals surface area contributed by atoms with Gasteiger partial charge in [-0.1, -0.05) is 0 Å². The van der Waals surface area contributed by atoms with Crippen molar-refractivity contribution in [2.45, 2.75) is 26.4 Å². The lowest BCUT2D eigenvalue weighted by Gasteiger charge is -2.27. The van der Waals surface area contributed by atoms with Crippen molar-refractivity contribution in [1.82, 2.24) is 29.4 Å². The Bertz CT molecular complexity index is 1160. The van der Waals surface area contributed by atoms with E-state index in [0.717, 1.165) is 29.0 Å². The number of hydrogen-bond acceptors (Lipinski definition) is 6. The van der Waals surface area contributed by atoms with Crippen LogP contribution in [0.5, 0.6) is 0 Å². The molecule has 0 radical (unpaired) electrons. The first-order valence-electron chi connectivity index (χ1n) is 9.11. The molecule has 1 aliphatic rings. The number of fused-ring (bicyclic) bond motifs is 2. The summed E-state index contributed by atoms with van der Waals surface area (Å²) in [4.78, 5) is 32.1. The average molecular weight is 374 g/mol. The van der Waals surface area contributed by atoms with E-state index in [-0.39, 0.29) is 12.3 Å². The zero-order valence-corrected chi connectivity index (χ0v) is 15.4. The maximum Gasteiger partial charge on any atom is 0.229 e. The largest absolute Gasteiger partial charge is 0.442 e. The van der Waals surface area contributed by atoms with Crippen LogP contribution >= 0.6 is 0 Å². The molecule has 0 bridgehead atoms. The number of aromatic nitrogens is 5. The van der Waals surface area contributed by atoms with E-state index in [1.807, 2.05) is 36.2 Å². The summed E-state index contributed by atoms with van der Waals surface area (Å²) >= 11 is 0. The molecule has 28 heavy (non-hydrogen) atoms. The van der Waals surface area contributed by atoms with Crippen LogP contribution in [0.25, 0.3) is 22.4 Å². The molecule has 0 saturated carbocycles. The predicted octanol–water partition coefficient (Wildman–Crippen LogP) is 2.37. The molecule has 0 unspecified atom stereocenters. The van der Waals surface area contributed by atoms with Crippen LogP contribution in [-0.2, 0) is 24.3 Å². The molecule has 0 saturated heterocycles. The topological polar surface area (TPSA) is 89.9 Å². The molecular formula is C20H18N6O2. The Kier molecular flexibility index (Phi) is 3.89. The van der Waals surface area contributed by atoms with E-state index in [2.05, 4.69) is 24.5 Å². The second-order valence-electron chi connectivity index (χ2n) is 6.91. The first-order valence-corrected chi connectivity index (χ1v) is 9.11. The fourth-order valence-corrected chi connectivity index (χ4v) is 3.51. The Hall–Kier alpha value is -3.55. The molecule has 1 aliphatic heterocycles. The summed E-state index contributed by atoms with van der Waals surface area (Å²) in [6, 6.07) is 5.67. The number of imidazole rings is 1. The molecule has 0 aliphatic carbocycles. The van der Waals surface area contributed by atoms with Gasteiger partial charge in [0.2, 0.25) is 5.91 Å². The number of hydrogen-bond donors (Lipinski definition) is 0. The van der Waals surface area contributed by atoms with Crippen molar-refractivity contribution >= 4 is 16.8 Å². The summed E-state index contributed by atoms with van der Waals surface area (Å²) in [6.45, 7) is 3.96. The average Bonchev–Trinajstić information content (AvgIpc) is 3.35. The lowest BCUT2D eigenvalue weighted by atomic mass is 10.1. The second kappa shape index (κ2) is 6.56. The van der Waals surface area contributed by atoms with Gasteiger partial charge in [-0.15, -0.1) is 0 Å². The van der Waals surface area contributed by atoms with Gasteiger partial charge in [-0.3, -0.25) is 9.78 Å². The first kappa shape index (κ1) is 16.6. The highest BCUT2D eigenvalue weighted by molar-refractivity contribution is 5.83. The minimum absolute atomic E-state index is 0.0464. The zero-order valence-electron chi connectivity index (χ0n) is 15.4. The standard InChI is InChI=1S/C20H18N6O2/c1-13-10-25-4-5-26(11-19(25)23-13)20(27)7-15-6-17-14(8-22-15)2-3-16(24-17)18-9-21-12-28-18/h2-3,6,8-10,12H,4-5,7,11H2,1H3. The van der Waals surface area contributed by atoms with E-state index < -0.39 is 0 Å². The van der Waals surface area contributed by atoms with Gasteiger partial charge in [0.25, 0.3) is 0 Å². The van der Waals surface area contributed by atoms with Crippen molar-refractivity contribution in [2.75, 3.05) is 6.54 Å². The van der Waals surface area contributed by atoms with Crippen LogP contribution in [0.15, 0.2) is 47.6 Å². The van der Waals surface area contributed by atoms with E-state index in [1.165, 1.54) is 6.39 Å². The number of carbonyl (C=O) groups is 1. The second-order valence-corrected chi connectivity index (χ2v) is 6.91. The molecule has 0 fully saturated rings. The minimum atomic E-state index is 0.0464. The number of carbonyl (C=O) groups excluding carboxylic acids is 1. The van der Waals surface area contributed by atoms with Crippen LogP contribution in [0, 0.1) is 6.92 Å². The Morgan fingerprint density at radius 3 is 3.00 bits per heavy atom. The Labute approximate surface area is 160 Å². The molecule has 0 aromatic carbocycles. The van der Waals surface area contributed by atoms with Gasteiger partial charge in [-0.05, 0) is 25.1 Å². The van der Waals surface area contributed by atoms with Gasteiger partial charge in [0.15, 0.2) is 12.2 Å². The Balaban J connectivity index is 1.36. The summed E-state index contributed by atoms with van der Waals surface area (Å²) in [5, 5.41) is 0.912. The van der Waals surface area contributed by atoms with E-state index in [4.69, 9.17) is 4.42 Å². The SMILES string of the molecule is Cc1cn2c(n1)CN(C(=O)Cc1cc3nc(-c4cnco4)ccc3cn1)CC2. The van der Waals surface area contributed by atoms with Crippen LogP contribution < -0.4 is 0 Å². The van der Waals surface area contributed by atoms with Crippen LogP contribution in [0.1, 0.15) is 17.2 Å². The zero-order chi connectivity index (χ0) is 19.1. The van der Waals surface area contributed by atoms with Crippen molar-refractivity contribution in [2.24, 2.45) is 0 Å². The fraction of sp³-hybridized carbons (Fsp3) is 0.250.